The van der Waals surface area contributed by atoms with Crippen molar-refractivity contribution in [2.75, 3.05) is 37.7 Å². The Morgan fingerprint density at radius 2 is 1.92 bits per heavy atom. The minimum atomic E-state index is -0.511. The lowest BCUT2D eigenvalue weighted by molar-refractivity contribution is -0.129. The summed E-state index contributed by atoms with van der Waals surface area (Å²) in [4.78, 5) is 20.0. The molecule has 2 aliphatic heterocycles. The van der Waals surface area contributed by atoms with Crippen LogP contribution in [0.3, 0.4) is 0 Å². The maximum atomic E-state index is 11.8. The molecule has 0 bridgehead atoms. The molecule has 0 radical (unpaired) electrons. The van der Waals surface area contributed by atoms with E-state index in [1.165, 1.54) is 0 Å². The largest absolute Gasteiger partial charge is 0.488 e. The lowest BCUT2D eigenvalue weighted by Gasteiger charge is -2.37. The average Bonchev–Trinajstić information content (AvgIpc) is 3.57. The van der Waals surface area contributed by atoms with Gasteiger partial charge in [0.1, 0.15) is 18.0 Å². The Balaban J connectivity index is 1.38. The van der Waals surface area contributed by atoms with Crippen molar-refractivity contribution in [1.82, 2.24) is 14.5 Å². The van der Waals surface area contributed by atoms with Gasteiger partial charge in [0.25, 0.3) is 0 Å². The topological polar surface area (TPSA) is 69.1 Å². The molecular weight excluding hydrogens is 503 g/mol. The molecule has 0 saturated carbocycles. The lowest BCUT2D eigenvalue weighted by Crippen LogP contribution is -2.48. The van der Waals surface area contributed by atoms with Crippen molar-refractivity contribution < 1.29 is 19.0 Å². The number of hydrogen-bond donors (Lipinski definition) is 0. The van der Waals surface area contributed by atoms with Crippen LogP contribution in [0, 0.1) is 0 Å². The normalized spacial score (nSPS) is 21.0. The number of halogens is 2. The predicted octanol–water partition coefficient (Wildman–Crippen LogP) is 4.86. The van der Waals surface area contributed by atoms with Gasteiger partial charge in [-0.2, -0.15) is 0 Å². The van der Waals surface area contributed by atoms with Crippen molar-refractivity contribution in [2.24, 2.45) is 0 Å². The third kappa shape index (κ3) is 5.32. The van der Waals surface area contributed by atoms with Crippen LogP contribution in [0.15, 0.2) is 55.1 Å². The van der Waals surface area contributed by atoms with E-state index in [1.807, 2.05) is 42.2 Å². The van der Waals surface area contributed by atoms with Crippen LogP contribution in [0.2, 0.25) is 10.0 Å². The maximum absolute atomic E-state index is 11.8. The summed E-state index contributed by atoms with van der Waals surface area (Å²) in [5.41, 5.74) is 2.84. The number of aromatic nitrogens is 2. The van der Waals surface area contributed by atoms with E-state index >= 15 is 0 Å². The number of imidazole rings is 1. The van der Waals surface area contributed by atoms with Gasteiger partial charge in [0, 0.05) is 72.4 Å². The summed E-state index contributed by atoms with van der Waals surface area (Å²) in [5.74, 6) is 0.797. The highest BCUT2D eigenvalue weighted by atomic mass is 35.5. The standard InChI is InChI=1S/C26H28Cl2N4O4/c1-17(25-15-34-26(36-25)32-8-7-29-16-32)35-20-4-6-24(31-11-9-30(10-12-31)18(2)33)22(14-20)21-5-3-19(27)13-23(21)28/h3-8,13-14,16-17,25-26H,9-12,15H2,1-2H3/t17?,25-,26-/m0/s1. The van der Waals surface area contributed by atoms with E-state index < -0.39 is 6.41 Å². The number of anilines is 1. The van der Waals surface area contributed by atoms with E-state index in [0.29, 0.717) is 35.5 Å². The molecule has 2 aliphatic rings. The highest BCUT2D eigenvalue weighted by Crippen LogP contribution is 2.40. The molecule has 1 unspecified atom stereocenters. The smallest absolute Gasteiger partial charge is 0.245 e. The van der Waals surface area contributed by atoms with Gasteiger partial charge in [-0.15, -0.1) is 0 Å². The van der Waals surface area contributed by atoms with Crippen molar-refractivity contribution in [2.45, 2.75) is 32.5 Å². The van der Waals surface area contributed by atoms with Crippen molar-refractivity contribution in [3.63, 3.8) is 0 Å². The molecule has 190 valence electrons. The molecule has 2 saturated heterocycles. The summed E-state index contributed by atoms with van der Waals surface area (Å²) in [5, 5.41) is 1.14. The van der Waals surface area contributed by atoms with Crippen LogP contribution < -0.4 is 9.64 Å². The molecular formula is C26H28Cl2N4O4. The van der Waals surface area contributed by atoms with Crippen LogP contribution >= 0.6 is 23.2 Å². The van der Waals surface area contributed by atoms with Gasteiger partial charge in [-0.1, -0.05) is 29.3 Å². The second-order valence-corrected chi connectivity index (χ2v) is 9.79. The van der Waals surface area contributed by atoms with Gasteiger partial charge in [0.15, 0.2) is 0 Å². The van der Waals surface area contributed by atoms with Crippen LogP contribution in [0.25, 0.3) is 11.1 Å². The van der Waals surface area contributed by atoms with Crippen molar-refractivity contribution in [3.05, 3.63) is 65.2 Å². The van der Waals surface area contributed by atoms with Gasteiger partial charge in [-0.25, -0.2) is 4.98 Å². The molecule has 2 fully saturated rings. The van der Waals surface area contributed by atoms with E-state index in [2.05, 4.69) is 9.88 Å². The third-order valence-electron chi connectivity index (χ3n) is 6.56. The van der Waals surface area contributed by atoms with Crippen LogP contribution in [0.4, 0.5) is 5.69 Å². The quantitative estimate of drug-likeness (QED) is 0.453. The van der Waals surface area contributed by atoms with Crippen LogP contribution in [0.1, 0.15) is 20.3 Å². The van der Waals surface area contributed by atoms with Gasteiger partial charge < -0.3 is 24.0 Å². The number of carbonyl (C=O) groups is 1. The van der Waals surface area contributed by atoms with Gasteiger partial charge in [-0.3, -0.25) is 9.36 Å². The highest BCUT2D eigenvalue weighted by Gasteiger charge is 2.32. The number of amides is 1. The predicted molar refractivity (Wildman–Crippen MR) is 139 cm³/mol. The second kappa shape index (κ2) is 10.7. The van der Waals surface area contributed by atoms with E-state index in [4.69, 9.17) is 37.4 Å². The number of nitrogens with zero attached hydrogens (tertiary/aromatic N) is 4. The zero-order valence-electron chi connectivity index (χ0n) is 20.1. The number of rotatable bonds is 6. The van der Waals surface area contributed by atoms with Crippen molar-refractivity contribution in [1.29, 1.82) is 0 Å². The number of carbonyl (C=O) groups excluding carboxylic acids is 1. The molecule has 3 heterocycles. The third-order valence-corrected chi connectivity index (χ3v) is 7.11. The van der Waals surface area contributed by atoms with Crippen molar-refractivity contribution >= 4 is 34.8 Å². The van der Waals surface area contributed by atoms with E-state index in [-0.39, 0.29) is 18.1 Å². The summed E-state index contributed by atoms with van der Waals surface area (Å²) < 4.78 is 19.9. The fraction of sp³-hybridized carbons (Fsp3) is 0.385. The van der Waals surface area contributed by atoms with Crippen LogP contribution in [-0.4, -0.2) is 65.4 Å². The second-order valence-electron chi connectivity index (χ2n) is 8.94. The summed E-state index contributed by atoms with van der Waals surface area (Å²) >= 11 is 12.8. The molecule has 1 aromatic heterocycles. The first-order valence-electron chi connectivity index (χ1n) is 11.9. The number of benzene rings is 2. The molecule has 0 N–H and O–H groups in total. The summed E-state index contributed by atoms with van der Waals surface area (Å²) in [6.45, 7) is 6.81. The summed E-state index contributed by atoms with van der Waals surface area (Å²) in [7, 11) is 0. The number of piperazine rings is 1. The van der Waals surface area contributed by atoms with Gasteiger partial charge in [0.2, 0.25) is 12.3 Å². The fourth-order valence-corrected chi connectivity index (χ4v) is 5.05. The van der Waals surface area contributed by atoms with E-state index in [0.717, 1.165) is 29.9 Å². The maximum Gasteiger partial charge on any atom is 0.245 e. The van der Waals surface area contributed by atoms with Gasteiger partial charge >= 0.3 is 0 Å². The zero-order valence-corrected chi connectivity index (χ0v) is 21.7. The average molecular weight is 531 g/mol. The first-order chi connectivity index (χ1) is 17.4. The monoisotopic (exact) mass is 530 g/mol. The zero-order chi connectivity index (χ0) is 25.2. The molecule has 5 rings (SSSR count). The molecule has 10 heteroatoms. The van der Waals surface area contributed by atoms with Crippen molar-refractivity contribution in [3.8, 4) is 16.9 Å². The Bertz CT molecular complexity index is 1210. The highest BCUT2D eigenvalue weighted by molar-refractivity contribution is 6.36. The Hall–Kier alpha value is -2.78. The number of hydrogen-bond acceptors (Lipinski definition) is 6. The minimum absolute atomic E-state index is 0.0988. The Morgan fingerprint density at radius 1 is 1.11 bits per heavy atom. The minimum Gasteiger partial charge on any atom is -0.488 e. The molecule has 3 aromatic rings. The lowest BCUT2D eigenvalue weighted by atomic mass is 10.0. The Labute approximate surface area is 220 Å². The summed E-state index contributed by atoms with van der Waals surface area (Å²) in [6.07, 6.45) is 4.15. The van der Waals surface area contributed by atoms with Gasteiger partial charge in [-0.05, 0) is 37.3 Å². The fourth-order valence-electron chi connectivity index (χ4n) is 4.54. The summed E-state index contributed by atoms with van der Waals surface area (Å²) in [6, 6.07) is 11.5. The Morgan fingerprint density at radius 3 is 2.61 bits per heavy atom. The molecule has 1 amide bonds. The molecule has 0 spiro atoms. The molecule has 0 aliphatic carbocycles. The van der Waals surface area contributed by atoms with Crippen LogP contribution in [0.5, 0.6) is 5.75 Å². The van der Waals surface area contributed by atoms with E-state index in [9.17, 15) is 4.79 Å². The number of ether oxygens (including phenoxy) is 3. The SMILES string of the molecule is CC(=O)N1CCN(c2ccc(OC(C)[C@@H]3CO[C@H](n4ccnc4)O3)cc2-c2ccc(Cl)cc2Cl)CC1. The van der Waals surface area contributed by atoms with Gasteiger partial charge in [0.05, 0.1) is 12.9 Å². The molecule has 2 aromatic carbocycles. The Kier molecular flexibility index (Phi) is 7.39. The molecule has 8 nitrogen and oxygen atoms in total. The van der Waals surface area contributed by atoms with Crippen LogP contribution in [-0.2, 0) is 14.3 Å². The molecule has 3 atom stereocenters. The first kappa shape index (κ1) is 24.9. The molecule has 36 heavy (non-hydrogen) atoms. The van der Waals surface area contributed by atoms with E-state index in [1.54, 1.807) is 36.3 Å². The first-order valence-corrected chi connectivity index (χ1v) is 12.7.